The Kier molecular flexibility index (Phi) is 4.18. The number of carbonyl (C=O) groups is 2. The van der Waals surface area contributed by atoms with Crippen LogP contribution < -0.4 is 4.74 Å². The molecule has 0 bridgehead atoms. The van der Waals surface area contributed by atoms with E-state index >= 15 is 0 Å². The molecule has 6 heteroatoms. The molecule has 5 rings (SSSR count). The van der Waals surface area contributed by atoms with Crippen molar-refractivity contribution in [3.05, 3.63) is 65.2 Å². The highest BCUT2D eigenvalue weighted by molar-refractivity contribution is 6.21. The van der Waals surface area contributed by atoms with E-state index in [9.17, 15) is 9.59 Å². The van der Waals surface area contributed by atoms with E-state index in [1.165, 1.54) is 4.90 Å². The summed E-state index contributed by atoms with van der Waals surface area (Å²) < 4.78 is 17.3. The summed E-state index contributed by atoms with van der Waals surface area (Å²) in [6.07, 6.45) is 0.890. The summed E-state index contributed by atoms with van der Waals surface area (Å²) in [5.74, 6) is 0.571. The highest BCUT2D eigenvalue weighted by Crippen LogP contribution is 2.42. The molecule has 28 heavy (non-hydrogen) atoms. The van der Waals surface area contributed by atoms with Crippen molar-refractivity contribution in [2.75, 3.05) is 13.7 Å². The molecule has 2 fully saturated rings. The second-order valence-corrected chi connectivity index (χ2v) is 7.52. The van der Waals surface area contributed by atoms with E-state index in [2.05, 4.69) is 0 Å². The Morgan fingerprint density at radius 2 is 1.64 bits per heavy atom. The topological polar surface area (TPSA) is 65.1 Å². The fourth-order valence-electron chi connectivity index (χ4n) is 4.50. The third-order valence-electron chi connectivity index (χ3n) is 5.94. The third-order valence-corrected chi connectivity index (χ3v) is 5.94. The van der Waals surface area contributed by atoms with Crippen LogP contribution in [0, 0.1) is 5.92 Å². The van der Waals surface area contributed by atoms with Crippen LogP contribution in [0.15, 0.2) is 48.5 Å². The van der Waals surface area contributed by atoms with Gasteiger partial charge in [-0.2, -0.15) is 0 Å². The Labute approximate surface area is 163 Å². The first-order valence-corrected chi connectivity index (χ1v) is 9.53. The number of hydrogen-bond acceptors (Lipinski definition) is 5. The maximum atomic E-state index is 12.8. The van der Waals surface area contributed by atoms with Crippen LogP contribution in [-0.2, 0) is 9.47 Å². The second-order valence-electron chi connectivity index (χ2n) is 7.52. The van der Waals surface area contributed by atoms with E-state index in [4.69, 9.17) is 14.2 Å². The lowest BCUT2D eigenvalue weighted by molar-refractivity contribution is -0.233. The van der Waals surface area contributed by atoms with E-state index in [0.717, 1.165) is 11.3 Å². The van der Waals surface area contributed by atoms with Crippen LogP contribution in [-0.4, -0.2) is 42.6 Å². The molecule has 2 aliphatic heterocycles. The minimum atomic E-state index is -0.437. The van der Waals surface area contributed by atoms with Gasteiger partial charge in [-0.3, -0.25) is 14.5 Å². The molecule has 2 heterocycles. The van der Waals surface area contributed by atoms with Gasteiger partial charge in [0.2, 0.25) is 0 Å². The average Bonchev–Trinajstić information content (AvgIpc) is 3.26. The smallest absolute Gasteiger partial charge is 0.261 e. The first-order chi connectivity index (χ1) is 13.7. The van der Waals surface area contributed by atoms with Crippen molar-refractivity contribution in [1.82, 2.24) is 4.90 Å². The van der Waals surface area contributed by atoms with Crippen LogP contribution >= 0.6 is 0 Å². The van der Waals surface area contributed by atoms with Crippen LogP contribution in [0.2, 0.25) is 0 Å². The van der Waals surface area contributed by atoms with Gasteiger partial charge in [-0.25, -0.2) is 0 Å². The Balaban J connectivity index is 1.31. The van der Waals surface area contributed by atoms with Gasteiger partial charge in [-0.15, -0.1) is 0 Å². The summed E-state index contributed by atoms with van der Waals surface area (Å²) in [6.45, 7) is 0.557. The fraction of sp³-hybridized carbons (Fsp3) is 0.364. The van der Waals surface area contributed by atoms with Gasteiger partial charge in [0.1, 0.15) is 5.75 Å². The largest absolute Gasteiger partial charge is 0.497 e. The first kappa shape index (κ1) is 17.4. The molecular weight excluding hydrogens is 358 g/mol. The number of nitrogens with zero attached hydrogens (tertiary/aromatic N) is 1. The highest BCUT2D eigenvalue weighted by atomic mass is 16.7. The number of amides is 2. The van der Waals surface area contributed by atoms with Crippen LogP contribution in [0.5, 0.6) is 5.75 Å². The van der Waals surface area contributed by atoms with E-state index < -0.39 is 6.29 Å². The van der Waals surface area contributed by atoms with Crippen molar-refractivity contribution in [1.29, 1.82) is 0 Å². The molecule has 144 valence electrons. The van der Waals surface area contributed by atoms with Gasteiger partial charge in [0.25, 0.3) is 11.8 Å². The van der Waals surface area contributed by atoms with Crippen molar-refractivity contribution in [2.24, 2.45) is 5.92 Å². The monoisotopic (exact) mass is 379 g/mol. The summed E-state index contributed by atoms with van der Waals surface area (Å²) in [6, 6.07) is 14.5. The van der Waals surface area contributed by atoms with Gasteiger partial charge < -0.3 is 14.2 Å². The minimum Gasteiger partial charge on any atom is -0.497 e. The lowest BCUT2D eigenvalue weighted by Gasteiger charge is -2.32. The predicted molar refractivity (Wildman–Crippen MR) is 100 cm³/mol. The minimum absolute atomic E-state index is 0.0323. The third kappa shape index (κ3) is 2.72. The Bertz CT molecular complexity index is 890. The molecule has 2 amide bonds. The number of benzene rings is 2. The number of imide groups is 1. The number of rotatable bonds is 3. The van der Waals surface area contributed by atoms with Gasteiger partial charge in [-0.05, 0) is 37.1 Å². The van der Waals surface area contributed by atoms with Gasteiger partial charge in [0.05, 0.1) is 30.9 Å². The molecule has 4 atom stereocenters. The standard InChI is InChI=1S/C22H21NO5/c1-26-16-8-6-13(7-9-16)22-27-12-14-10-15(11-19(14)28-22)23-20(24)17-4-2-3-5-18(17)21(23)25/h2-9,14-15,19,22H,10-12H2,1H3/t14-,15+,19-,22?/m0/s1. The highest BCUT2D eigenvalue weighted by Gasteiger charge is 2.48. The molecule has 1 saturated carbocycles. The van der Waals surface area contributed by atoms with Gasteiger partial charge >= 0.3 is 0 Å². The maximum Gasteiger partial charge on any atom is 0.261 e. The van der Waals surface area contributed by atoms with Crippen molar-refractivity contribution in [3.8, 4) is 5.75 Å². The first-order valence-electron chi connectivity index (χ1n) is 9.53. The lowest BCUT2D eigenvalue weighted by Crippen LogP contribution is -2.38. The molecular formula is C22H21NO5. The Hall–Kier alpha value is -2.70. The van der Waals surface area contributed by atoms with Crippen LogP contribution in [0.1, 0.15) is 45.4 Å². The lowest BCUT2D eigenvalue weighted by atomic mass is 10.1. The van der Waals surface area contributed by atoms with E-state index in [0.29, 0.717) is 30.6 Å². The van der Waals surface area contributed by atoms with Gasteiger partial charge in [0, 0.05) is 17.5 Å². The van der Waals surface area contributed by atoms with E-state index in [1.54, 1.807) is 31.4 Å². The number of fused-ring (bicyclic) bond motifs is 2. The van der Waals surface area contributed by atoms with Crippen LogP contribution in [0.4, 0.5) is 0 Å². The molecule has 0 radical (unpaired) electrons. The molecule has 1 unspecified atom stereocenters. The zero-order chi connectivity index (χ0) is 19.3. The summed E-state index contributed by atoms with van der Waals surface area (Å²) >= 11 is 0. The average molecular weight is 379 g/mol. The molecule has 3 aliphatic rings. The zero-order valence-electron chi connectivity index (χ0n) is 15.5. The molecule has 0 spiro atoms. The number of ether oxygens (including phenoxy) is 3. The number of hydrogen-bond donors (Lipinski definition) is 0. The summed E-state index contributed by atoms with van der Waals surface area (Å²) in [7, 11) is 1.63. The quantitative estimate of drug-likeness (QED) is 0.767. The Morgan fingerprint density at radius 3 is 2.29 bits per heavy atom. The van der Waals surface area contributed by atoms with Crippen molar-refractivity contribution < 1.29 is 23.8 Å². The maximum absolute atomic E-state index is 12.8. The van der Waals surface area contributed by atoms with E-state index in [-0.39, 0.29) is 29.9 Å². The van der Waals surface area contributed by atoms with Crippen molar-refractivity contribution in [3.63, 3.8) is 0 Å². The van der Waals surface area contributed by atoms with Crippen LogP contribution in [0.3, 0.4) is 0 Å². The molecule has 0 N–H and O–H groups in total. The van der Waals surface area contributed by atoms with Crippen molar-refractivity contribution >= 4 is 11.8 Å². The summed E-state index contributed by atoms with van der Waals surface area (Å²) in [5, 5.41) is 0. The molecule has 1 aliphatic carbocycles. The molecule has 1 saturated heterocycles. The summed E-state index contributed by atoms with van der Waals surface area (Å²) in [5.41, 5.74) is 1.93. The zero-order valence-corrected chi connectivity index (χ0v) is 15.5. The molecule has 2 aromatic carbocycles. The summed E-state index contributed by atoms with van der Waals surface area (Å²) in [4.78, 5) is 27.0. The molecule has 2 aromatic rings. The molecule has 6 nitrogen and oxygen atoms in total. The van der Waals surface area contributed by atoms with Crippen LogP contribution in [0.25, 0.3) is 0 Å². The normalized spacial score (nSPS) is 29.0. The molecule has 0 aromatic heterocycles. The second kappa shape index (κ2) is 6.72. The van der Waals surface area contributed by atoms with Crippen molar-refractivity contribution in [2.45, 2.75) is 31.3 Å². The SMILES string of the molecule is COc1ccc(C2OC[C@@H]3C[C@@H](N4C(=O)c5ccccc5C4=O)C[C@@H]3O2)cc1. The fourth-order valence-corrected chi connectivity index (χ4v) is 4.50. The predicted octanol–water partition coefficient (Wildman–Crippen LogP) is 3.18. The van der Waals surface area contributed by atoms with Gasteiger partial charge in [0.15, 0.2) is 6.29 Å². The number of carbonyl (C=O) groups excluding carboxylic acids is 2. The van der Waals surface area contributed by atoms with Gasteiger partial charge in [-0.1, -0.05) is 24.3 Å². The number of methoxy groups -OCH3 is 1. The van der Waals surface area contributed by atoms with E-state index in [1.807, 2.05) is 24.3 Å². The Morgan fingerprint density at radius 1 is 0.964 bits per heavy atom.